The monoisotopic (exact) mass is 340 g/mol. The molecule has 0 saturated heterocycles. The van der Waals surface area contributed by atoms with Crippen molar-refractivity contribution in [3.05, 3.63) is 70.5 Å². The van der Waals surface area contributed by atoms with Gasteiger partial charge in [0.05, 0.1) is 17.0 Å². The topological polar surface area (TPSA) is 55.1 Å². The Labute approximate surface area is 145 Å². The molecule has 2 aromatic carbocycles. The Morgan fingerprint density at radius 3 is 2.58 bits per heavy atom. The third-order valence-electron chi connectivity index (χ3n) is 3.83. The van der Waals surface area contributed by atoms with Crippen molar-refractivity contribution in [2.24, 2.45) is 0 Å². The molecule has 0 aliphatic rings. The van der Waals surface area contributed by atoms with E-state index in [2.05, 4.69) is 4.98 Å². The summed E-state index contributed by atoms with van der Waals surface area (Å²) in [6, 6.07) is 16.9. The van der Waals surface area contributed by atoms with Crippen molar-refractivity contribution in [2.45, 2.75) is 31.1 Å². The van der Waals surface area contributed by atoms with E-state index in [9.17, 15) is 9.90 Å². The average molecular weight is 340 g/mol. The first kappa shape index (κ1) is 16.7. The van der Waals surface area contributed by atoms with Gasteiger partial charge < -0.3 is 5.11 Å². The summed E-state index contributed by atoms with van der Waals surface area (Å²) in [6.07, 6.45) is 0.268. The largest absolute Gasteiger partial charge is 0.388 e. The van der Waals surface area contributed by atoms with Crippen LogP contribution in [0.25, 0.3) is 10.9 Å². The molecule has 0 fully saturated rings. The fraction of sp³-hybridized carbons (Fsp3) is 0.263. The SMILES string of the molecule is CCCn1c(SCC(O)c2ccccc2)nc2ccccc2c1=O. The summed E-state index contributed by atoms with van der Waals surface area (Å²) in [7, 11) is 0. The molecule has 0 aliphatic heterocycles. The van der Waals surface area contributed by atoms with E-state index in [0.29, 0.717) is 28.4 Å². The molecule has 3 aromatic rings. The summed E-state index contributed by atoms with van der Waals surface area (Å²) in [6.45, 7) is 2.66. The Morgan fingerprint density at radius 1 is 1.12 bits per heavy atom. The number of nitrogens with zero attached hydrogens (tertiary/aromatic N) is 2. The van der Waals surface area contributed by atoms with E-state index >= 15 is 0 Å². The molecular weight excluding hydrogens is 320 g/mol. The predicted molar refractivity (Wildman–Crippen MR) is 98.4 cm³/mol. The zero-order valence-corrected chi connectivity index (χ0v) is 14.4. The molecule has 1 aromatic heterocycles. The van der Waals surface area contributed by atoms with Crippen molar-refractivity contribution in [1.82, 2.24) is 9.55 Å². The maximum atomic E-state index is 12.7. The number of rotatable bonds is 6. The molecule has 3 rings (SSSR count). The average Bonchev–Trinajstić information content (AvgIpc) is 2.63. The van der Waals surface area contributed by atoms with Gasteiger partial charge in [-0.25, -0.2) is 4.98 Å². The summed E-state index contributed by atoms with van der Waals surface area (Å²) < 4.78 is 1.71. The summed E-state index contributed by atoms with van der Waals surface area (Å²) in [4.78, 5) is 17.3. The molecule has 1 heterocycles. The first-order chi connectivity index (χ1) is 11.7. The number of fused-ring (bicyclic) bond motifs is 1. The van der Waals surface area contributed by atoms with Crippen molar-refractivity contribution in [3.8, 4) is 0 Å². The normalized spacial score (nSPS) is 12.4. The van der Waals surface area contributed by atoms with Gasteiger partial charge in [0.25, 0.3) is 5.56 Å². The minimum absolute atomic E-state index is 0.0147. The molecular formula is C19H20N2O2S. The number of aliphatic hydroxyl groups excluding tert-OH is 1. The Hall–Kier alpha value is -2.11. The minimum Gasteiger partial charge on any atom is -0.388 e. The number of hydrogen-bond acceptors (Lipinski definition) is 4. The molecule has 1 atom stereocenters. The van der Waals surface area contributed by atoms with E-state index in [1.807, 2.05) is 61.5 Å². The van der Waals surface area contributed by atoms with Crippen LogP contribution in [-0.2, 0) is 6.54 Å². The third-order valence-corrected chi connectivity index (χ3v) is 4.88. The van der Waals surface area contributed by atoms with Crippen LogP contribution in [0.2, 0.25) is 0 Å². The van der Waals surface area contributed by atoms with Crippen LogP contribution >= 0.6 is 11.8 Å². The molecule has 0 bridgehead atoms. The van der Waals surface area contributed by atoms with Crippen molar-refractivity contribution in [1.29, 1.82) is 0 Å². The fourth-order valence-corrected chi connectivity index (χ4v) is 3.60. The van der Waals surface area contributed by atoms with Crippen LogP contribution in [0.4, 0.5) is 0 Å². The summed E-state index contributed by atoms with van der Waals surface area (Å²) in [5.74, 6) is 0.457. The Bertz CT molecular complexity index is 877. The Morgan fingerprint density at radius 2 is 1.83 bits per heavy atom. The molecule has 1 N–H and O–H groups in total. The highest BCUT2D eigenvalue weighted by molar-refractivity contribution is 7.99. The molecule has 0 amide bonds. The highest BCUT2D eigenvalue weighted by Crippen LogP contribution is 2.24. The number of para-hydroxylation sites is 1. The number of aliphatic hydroxyl groups is 1. The van der Waals surface area contributed by atoms with Gasteiger partial charge in [0, 0.05) is 12.3 Å². The Balaban J connectivity index is 1.90. The van der Waals surface area contributed by atoms with Crippen molar-refractivity contribution in [2.75, 3.05) is 5.75 Å². The zero-order valence-electron chi connectivity index (χ0n) is 13.6. The smallest absolute Gasteiger partial charge is 0.262 e. The molecule has 0 radical (unpaired) electrons. The van der Waals surface area contributed by atoms with Gasteiger partial charge in [0.2, 0.25) is 0 Å². The lowest BCUT2D eigenvalue weighted by molar-refractivity contribution is 0.204. The molecule has 1 unspecified atom stereocenters. The third kappa shape index (κ3) is 3.52. The molecule has 24 heavy (non-hydrogen) atoms. The molecule has 124 valence electrons. The van der Waals surface area contributed by atoms with Crippen LogP contribution in [0, 0.1) is 0 Å². The van der Waals surface area contributed by atoms with Gasteiger partial charge in [-0.1, -0.05) is 61.2 Å². The second-order valence-electron chi connectivity index (χ2n) is 5.61. The van der Waals surface area contributed by atoms with Gasteiger partial charge >= 0.3 is 0 Å². The first-order valence-corrected chi connectivity index (χ1v) is 9.04. The number of thioether (sulfide) groups is 1. The highest BCUT2D eigenvalue weighted by Gasteiger charge is 2.14. The van der Waals surface area contributed by atoms with Crippen LogP contribution < -0.4 is 5.56 Å². The van der Waals surface area contributed by atoms with Crippen molar-refractivity contribution in [3.63, 3.8) is 0 Å². The molecule has 0 aliphatic carbocycles. The van der Waals surface area contributed by atoms with Crippen LogP contribution in [0.1, 0.15) is 25.0 Å². The first-order valence-electron chi connectivity index (χ1n) is 8.06. The summed E-state index contributed by atoms with van der Waals surface area (Å²) >= 11 is 1.42. The van der Waals surface area contributed by atoms with Crippen LogP contribution in [-0.4, -0.2) is 20.4 Å². The van der Waals surface area contributed by atoms with E-state index in [1.54, 1.807) is 4.57 Å². The predicted octanol–water partition coefficient (Wildman–Crippen LogP) is 3.63. The van der Waals surface area contributed by atoms with Gasteiger partial charge in [-0.05, 0) is 24.1 Å². The minimum atomic E-state index is -0.588. The van der Waals surface area contributed by atoms with E-state index in [4.69, 9.17) is 0 Å². The van der Waals surface area contributed by atoms with E-state index < -0.39 is 6.10 Å². The van der Waals surface area contributed by atoms with Crippen LogP contribution in [0.15, 0.2) is 64.5 Å². The Kier molecular flexibility index (Phi) is 5.33. The molecule has 0 saturated carbocycles. The van der Waals surface area contributed by atoms with Crippen LogP contribution in [0.5, 0.6) is 0 Å². The maximum absolute atomic E-state index is 12.7. The lowest BCUT2D eigenvalue weighted by atomic mass is 10.1. The van der Waals surface area contributed by atoms with Crippen LogP contribution in [0.3, 0.4) is 0 Å². The standard InChI is InChI=1S/C19H20N2O2S/c1-2-12-21-18(23)15-10-6-7-11-16(15)20-19(21)24-13-17(22)14-8-4-3-5-9-14/h3-11,17,22H,2,12-13H2,1H3. The van der Waals surface area contributed by atoms with Gasteiger partial charge in [0.1, 0.15) is 0 Å². The number of aromatic nitrogens is 2. The second kappa shape index (κ2) is 7.64. The van der Waals surface area contributed by atoms with Gasteiger partial charge in [-0.2, -0.15) is 0 Å². The van der Waals surface area contributed by atoms with Gasteiger partial charge in [-0.15, -0.1) is 0 Å². The number of hydrogen-bond donors (Lipinski definition) is 1. The molecule has 5 heteroatoms. The quantitative estimate of drug-likeness (QED) is 0.550. The van der Waals surface area contributed by atoms with Crippen molar-refractivity contribution < 1.29 is 5.11 Å². The lowest BCUT2D eigenvalue weighted by Crippen LogP contribution is -2.23. The molecule has 0 spiro atoms. The highest BCUT2D eigenvalue weighted by atomic mass is 32.2. The maximum Gasteiger partial charge on any atom is 0.262 e. The summed E-state index contributed by atoms with van der Waals surface area (Å²) in [5, 5.41) is 11.6. The zero-order chi connectivity index (χ0) is 16.9. The van der Waals surface area contributed by atoms with E-state index in [0.717, 1.165) is 12.0 Å². The number of benzene rings is 2. The second-order valence-corrected chi connectivity index (χ2v) is 6.59. The summed E-state index contributed by atoms with van der Waals surface area (Å²) in [5.41, 5.74) is 1.56. The van der Waals surface area contributed by atoms with E-state index in [-0.39, 0.29) is 5.56 Å². The van der Waals surface area contributed by atoms with Gasteiger partial charge in [-0.3, -0.25) is 9.36 Å². The van der Waals surface area contributed by atoms with Gasteiger partial charge in [0.15, 0.2) is 5.16 Å². The lowest BCUT2D eigenvalue weighted by Gasteiger charge is -2.14. The molecule has 4 nitrogen and oxygen atoms in total. The van der Waals surface area contributed by atoms with E-state index in [1.165, 1.54) is 11.8 Å². The van der Waals surface area contributed by atoms with Crippen molar-refractivity contribution >= 4 is 22.7 Å². The fourth-order valence-electron chi connectivity index (χ4n) is 2.60.